The first kappa shape index (κ1) is 24.2. The van der Waals surface area contributed by atoms with Gasteiger partial charge in [0.1, 0.15) is 18.0 Å². The summed E-state index contributed by atoms with van der Waals surface area (Å²) in [5.74, 6) is 0.508. The lowest BCUT2D eigenvalue weighted by molar-refractivity contribution is -0.384. The number of nitrogens with zero attached hydrogens (tertiary/aromatic N) is 2. The van der Waals surface area contributed by atoms with Crippen LogP contribution in [0.25, 0.3) is 10.8 Å². The molecule has 0 saturated carbocycles. The summed E-state index contributed by atoms with van der Waals surface area (Å²) < 4.78 is 45.5. The van der Waals surface area contributed by atoms with Gasteiger partial charge in [0.2, 0.25) is 0 Å². The lowest BCUT2D eigenvalue weighted by Gasteiger charge is -2.12. The SMILES string of the molecule is O=[N+]([O-])c1cc(C(F)(F)F)ccc1N/N=C\c1cc(Br)ccc1OCc1cccc2ccccc12. The smallest absolute Gasteiger partial charge is 0.416 e. The van der Waals surface area contributed by atoms with Crippen LogP contribution in [-0.2, 0) is 12.8 Å². The first-order valence-electron chi connectivity index (χ1n) is 10.3. The molecule has 0 unspecified atom stereocenters. The van der Waals surface area contributed by atoms with Crippen LogP contribution >= 0.6 is 15.9 Å². The lowest BCUT2D eigenvalue weighted by Crippen LogP contribution is -2.06. The minimum atomic E-state index is -4.70. The van der Waals surface area contributed by atoms with Crippen LogP contribution in [0, 0.1) is 10.1 Å². The monoisotopic (exact) mass is 543 g/mol. The molecule has 0 amide bonds. The number of nitro benzene ring substituents is 1. The molecule has 0 aliphatic heterocycles. The molecule has 0 heterocycles. The van der Waals surface area contributed by atoms with Gasteiger partial charge in [-0.2, -0.15) is 18.3 Å². The Morgan fingerprint density at radius 2 is 1.80 bits per heavy atom. The predicted octanol–water partition coefficient (Wildman–Crippen LogP) is 7.55. The van der Waals surface area contributed by atoms with E-state index in [1.165, 1.54) is 6.21 Å². The summed E-state index contributed by atoms with van der Waals surface area (Å²) in [6.45, 7) is 0.293. The van der Waals surface area contributed by atoms with E-state index in [0.717, 1.165) is 32.9 Å². The van der Waals surface area contributed by atoms with E-state index in [0.29, 0.717) is 24.0 Å². The number of hydrogen-bond donors (Lipinski definition) is 1. The van der Waals surface area contributed by atoms with Crippen molar-refractivity contribution in [2.75, 3.05) is 5.43 Å². The Bertz CT molecular complexity index is 1420. The first-order chi connectivity index (χ1) is 16.7. The second-order valence-corrected chi connectivity index (χ2v) is 8.38. The highest BCUT2D eigenvalue weighted by Gasteiger charge is 2.33. The third-order valence-electron chi connectivity index (χ3n) is 5.15. The van der Waals surface area contributed by atoms with E-state index in [1.807, 2.05) is 42.5 Å². The maximum Gasteiger partial charge on any atom is 0.416 e. The molecule has 0 bridgehead atoms. The molecule has 35 heavy (non-hydrogen) atoms. The fraction of sp³-hybridized carbons (Fsp3) is 0.0800. The zero-order chi connectivity index (χ0) is 25.0. The van der Waals surface area contributed by atoms with E-state index in [2.05, 4.69) is 26.5 Å². The molecule has 0 fully saturated rings. The van der Waals surface area contributed by atoms with Gasteiger partial charge in [0.05, 0.1) is 16.7 Å². The molecule has 0 saturated heterocycles. The van der Waals surface area contributed by atoms with Gasteiger partial charge in [-0.3, -0.25) is 15.5 Å². The van der Waals surface area contributed by atoms with E-state index < -0.39 is 22.4 Å². The number of nitrogens with one attached hydrogen (secondary N) is 1. The van der Waals surface area contributed by atoms with E-state index >= 15 is 0 Å². The number of alkyl halides is 3. The summed E-state index contributed by atoms with van der Waals surface area (Å²) >= 11 is 3.39. The fourth-order valence-electron chi connectivity index (χ4n) is 3.45. The Morgan fingerprint density at radius 3 is 2.57 bits per heavy atom. The molecular formula is C25H17BrF3N3O3. The van der Waals surface area contributed by atoms with Crippen LogP contribution < -0.4 is 10.2 Å². The number of fused-ring (bicyclic) bond motifs is 1. The van der Waals surface area contributed by atoms with Crippen molar-refractivity contribution >= 4 is 44.3 Å². The second-order valence-electron chi connectivity index (χ2n) is 7.47. The predicted molar refractivity (Wildman–Crippen MR) is 132 cm³/mol. The molecule has 4 aromatic rings. The highest BCUT2D eigenvalue weighted by atomic mass is 79.9. The van der Waals surface area contributed by atoms with E-state index in [9.17, 15) is 23.3 Å². The van der Waals surface area contributed by atoms with Crippen molar-refractivity contribution in [2.24, 2.45) is 5.10 Å². The Morgan fingerprint density at radius 1 is 1.03 bits per heavy atom. The van der Waals surface area contributed by atoms with E-state index in [4.69, 9.17) is 4.74 Å². The van der Waals surface area contributed by atoms with Gasteiger partial charge in [-0.25, -0.2) is 0 Å². The number of benzene rings is 4. The molecule has 10 heteroatoms. The quantitative estimate of drug-likeness (QED) is 0.148. The van der Waals surface area contributed by atoms with Crippen molar-refractivity contribution in [2.45, 2.75) is 12.8 Å². The maximum atomic E-state index is 12.9. The molecule has 0 aromatic heterocycles. The average Bonchev–Trinajstić information content (AvgIpc) is 2.83. The van der Waals surface area contributed by atoms with Gasteiger partial charge in [-0.15, -0.1) is 0 Å². The summed E-state index contributed by atoms with van der Waals surface area (Å²) in [4.78, 5) is 10.4. The van der Waals surface area contributed by atoms with Gasteiger partial charge < -0.3 is 4.74 Å². The van der Waals surface area contributed by atoms with Gasteiger partial charge >= 0.3 is 6.18 Å². The number of anilines is 1. The molecule has 0 radical (unpaired) electrons. The zero-order valence-corrected chi connectivity index (χ0v) is 19.5. The highest BCUT2D eigenvalue weighted by molar-refractivity contribution is 9.10. The van der Waals surface area contributed by atoms with E-state index in [1.54, 1.807) is 18.2 Å². The van der Waals surface area contributed by atoms with Gasteiger partial charge in [-0.05, 0) is 46.7 Å². The average molecular weight is 544 g/mol. The standard InChI is InChI=1S/C25H17BrF3N3O3/c26-20-9-11-24(35-15-17-6-3-5-16-4-1-2-7-21(16)17)18(12-20)14-30-31-22-10-8-19(25(27,28)29)13-23(22)32(33)34/h1-14,31H,15H2/b30-14-. The number of nitro groups is 1. The summed E-state index contributed by atoms with van der Waals surface area (Å²) in [6, 6.07) is 21.4. The number of halogens is 4. The van der Waals surface area contributed by atoms with Crippen molar-refractivity contribution < 1.29 is 22.8 Å². The molecule has 4 aromatic carbocycles. The lowest BCUT2D eigenvalue weighted by atomic mass is 10.1. The third-order valence-corrected chi connectivity index (χ3v) is 5.64. The Labute approximate surface area is 206 Å². The highest BCUT2D eigenvalue weighted by Crippen LogP contribution is 2.35. The molecule has 1 N–H and O–H groups in total. The van der Waals surface area contributed by atoms with Crippen molar-refractivity contribution in [1.82, 2.24) is 0 Å². The van der Waals surface area contributed by atoms with Crippen molar-refractivity contribution in [3.63, 3.8) is 0 Å². The summed E-state index contributed by atoms with van der Waals surface area (Å²) in [5.41, 5.74) is 1.98. The zero-order valence-electron chi connectivity index (χ0n) is 17.9. The van der Waals surface area contributed by atoms with Crippen molar-refractivity contribution in [1.29, 1.82) is 0 Å². The van der Waals surface area contributed by atoms with Gasteiger partial charge in [0.25, 0.3) is 5.69 Å². The van der Waals surface area contributed by atoms with E-state index in [-0.39, 0.29) is 5.69 Å². The number of hydrogen-bond acceptors (Lipinski definition) is 5. The molecule has 0 aliphatic carbocycles. The van der Waals surface area contributed by atoms with Crippen LogP contribution in [0.5, 0.6) is 5.75 Å². The first-order valence-corrected chi connectivity index (χ1v) is 11.1. The minimum absolute atomic E-state index is 0.174. The molecular weight excluding hydrogens is 527 g/mol. The molecule has 0 atom stereocenters. The Balaban J connectivity index is 1.55. The minimum Gasteiger partial charge on any atom is -0.488 e. The molecule has 178 valence electrons. The number of rotatable bonds is 7. The molecule has 4 rings (SSSR count). The normalized spacial score (nSPS) is 11.7. The van der Waals surface area contributed by atoms with Crippen molar-refractivity contribution in [3.05, 3.63) is 110 Å². The largest absolute Gasteiger partial charge is 0.488 e. The Kier molecular flexibility index (Phi) is 7.02. The molecule has 0 spiro atoms. The molecule has 0 aliphatic rings. The van der Waals surface area contributed by atoms with Gasteiger partial charge in [0.15, 0.2) is 0 Å². The van der Waals surface area contributed by atoms with Crippen LogP contribution in [0.15, 0.2) is 88.4 Å². The summed E-state index contributed by atoms with van der Waals surface area (Å²) in [5, 5.41) is 17.4. The summed E-state index contributed by atoms with van der Waals surface area (Å²) in [6.07, 6.45) is -3.32. The second kappa shape index (κ2) is 10.1. The van der Waals surface area contributed by atoms with Crippen molar-refractivity contribution in [3.8, 4) is 5.75 Å². The van der Waals surface area contributed by atoms with Crippen LogP contribution in [0.2, 0.25) is 0 Å². The summed E-state index contributed by atoms with van der Waals surface area (Å²) in [7, 11) is 0. The molecule has 6 nitrogen and oxygen atoms in total. The van der Waals surface area contributed by atoms with Crippen LogP contribution in [0.3, 0.4) is 0 Å². The van der Waals surface area contributed by atoms with Crippen LogP contribution in [0.4, 0.5) is 24.5 Å². The Hall–Kier alpha value is -3.92. The number of hydrazone groups is 1. The van der Waals surface area contributed by atoms with Gasteiger partial charge in [0, 0.05) is 16.1 Å². The van der Waals surface area contributed by atoms with Crippen LogP contribution in [-0.4, -0.2) is 11.1 Å². The fourth-order valence-corrected chi connectivity index (χ4v) is 3.83. The van der Waals surface area contributed by atoms with Gasteiger partial charge in [-0.1, -0.05) is 58.4 Å². The topological polar surface area (TPSA) is 76.8 Å². The number of ether oxygens (including phenoxy) is 1. The van der Waals surface area contributed by atoms with Crippen LogP contribution in [0.1, 0.15) is 16.7 Å². The maximum absolute atomic E-state index is 12.9. The third kappa shape index (κ3) is 5.78.